The van der Waals surface area contributed by atoms with Crippen LogP contribution in [0.3, 0.4) is 0 Å². The Kier molecular flexibility index (Phi) is 6.87. The van der Waals surface area contributed by atoms with Crippen molar-refractivity contribution in [3.8, 4) is 5.75 Å². The normalized spacial score (nSPS) is 12.1. The molecule has 1 aromatic carbocycles. The second-order valence-corrected chi connectivity index (χ2v) is 4.71. The quantitative estimate of drug-likeness (QED) is 0.719. The fourth-order valence-corrected chi connectivity index (χ4v) is 2.07. The van der Waals surface area contributed by atoms with E-state index in [0.29, 0.717) is 11.4 Å². The standard InChI is InChI=1S/C15H24N2O3/c1-4-11(5-2)14(18)10-16-15(19)17-12-7-6-8-13(9-12)20-3/h6-9,11,14,18H,4-5,10H2,1-3H3,(H2,16,17,19)/t14-/m1/s1. The van der Waals surface area contributed by atoms with Crippen molar-refractivity contribution in [3.05, 3.63) is 24.3 Å². The van der Waals surface area contributed by atoms with E-state index < -0.39 is 6.10 Å². The maximum atomic E-state index is 11.7. The molecular weight excluding hydrogens is 256 g/mol. The van der Waals surface area contributed by atoms with Gasteiger partial charge in [-0.2, -0.15) is 0 Å². The Bertz CT molecular complexity index is 419. The van der Waals surface area contributed by atoms with Crippen LogP contribution in [0.5, 0.6) is 5.75 Å². The summed E-state index contributed by atoms with van der Waals surface area (Å²) < 4.78 is 5.08. The number of nitrogens with one attached hydrogen (secondary N) is 2. The van der Waals surface area contributed by atoms with Gasteiger partial charge >= 0.3 is 6.03 Å². The van der Waals surface area contributed by atoms with Gasteiger partial charge in [0.15, 0.2) is 0 Å². The number of anilines is 1. The highest BCUT2D eigenvalue weighted by molar-refractivity contribution is 5.89. The number of ether oxygens (including phenoxy) is 1. The van der Waals surface area contributed by atoms with Crippen LogP contribution in [0.2, 0.25) is 0 Å². The number of amides is 2. The number of urea groups is 1. The molecule has 0 saturated carbocycles. The van der Waals surface area contributed by atoms with Gasteiger partial charge in [0.05, 0.1) is 13.2 Å². The maximum Gasteiger partial charge on any atom is 0.319 e. The summed E-state index contributed by atoms with van der Waals surface area (Å²) in [7, 11) is 1.57. The first-order valence-electron chi connectivity index (χ1n) is 6.97. The van der Waals surface area contributed by atoms with Crippen LogP contribution >= 0.6 is 0 Å². The van der Waals surface area contributed by atoms with E-state index in [0.717, 1.165) is 12.8 Å². The van der Waals surface area contributed by atoms with Gasteiger partial charge < -0.3 is 20.5 Å². The lowest BCUT2D eigenvalue weighted by molar-refractivity contribution is 0.104. The van der Waals surface area contributed by atoms with Gasteiger partial charge in [0.25, 0.3) is 0 Å². The van der Waals surface area contributed by atoms with Gasteiger partial charge in [-0.1, -0.05) is 32.8 Å². The Labute approximate surface area is 120 Å². The molecular formula is C15H24N2O3. The van der Waals surface area contributed by atoms with E-state index in [1.165, 1.54) is 0 Å². The summed E-state index contributed by atoms with van der Waals surface area (Å²) in [6, 6.07) is 6.78. The molecule has 0 spiro atoms. The van der Waals surface area contributed by atoms with Gasteiger partial charge in [0.2, 0.25) is 0 Å². The maximum absolute atomic E-state index is 11.7. The minimum atomic E-state index is -0.513. The van der Waals surface area contributed by atoms with Crippen molar-refractivity contribution in [1.82, 2.24) is 5.32 Å². The summed E-state index contributed by atoms with van der Waals surface area (Å²) >= 11 is 0. The topological polar surface area (TPSA) is 70.6 Å². The minimum Gasteiger partial charge on any atom is -0.497 e. The fraction of sp³-hybridized carbons (Fsp3) is 0.533. The molecule has 0 heterocycles. The molecule has 5 nitrogen and oxygen atoms in total. The average Bonchev–Trinajstić information content (AvgIpc) is 2.46. The molecule has 3 N–H and O–H groups in total. The van der Waals surface area contributed by atoms with Crippen LogP contribution < -0.4 is 15.4 Å². The molecule has 0 bridgehead atoms. The Morgan fingerprint density at radius 1 is 1.35 bits per heavy atom. The van der Waals surface area contributed by atoms with Crippen LogP contribution in [0.1, 0.15) is 26.7 Å². The van der Waals surface area contributed by atoms with Crippen LogP contribution in [0, 0.1) is 5.92 Å². The summed E-state index contributed by atoms with van der Waals surface area (Å²) in [5.41, 5.74) is 0.652. The third-order valence-corrected chi connectivity index (χ3v) is 3.39. The Hall–Kier alpha value is -1.75. The Morgan fingerprint density at radius 2 is 2.05 bits per heavy atom. The number of methoxy groups -OCH3 is 1. The summed E-state index contributed by atoms with van der Waals surface area (Å²) in [6.45, 7) is 4.32. The SMILES string of the molecule is CCC(CC)[C@H](O)CNC(=O)Nc1cccc(OC)c1. The van der Waals surface area contributed by atoms with Crippen molar-refractivity contribution >= 4 is 11.7 Å². The molecule has 2 amide bonds. The van der Waals surface area contributed by atoms with Gasteiger partial charge in [-0.25, -0.2) is 4.79 Å². The predicted molar refractivity (Wildman–Crippen MR) is 80.1 cm³/mol. The minimum absolute atomic E-state index is 0.215. The van der Waals surface area contributed by atoms with Gasteiger partial charge in [-0.05, 0) is 18.1 Å². The molecule has 0 fully saturated rings. The third-order valence-electron chi connectivity index (χ3n) is 3.39. The fourth-order valence-electron chi connectivity index (χ4n) is 2.07. The number of carbonyl (C=O) groups is 1. The molecule has 5 heteroatoms. The molecule has 0 aliphatic heterocycles. The van der Waals surface area contributed by atoms with Gasteiger partial charge in [-0.15, -0.1) is 0 Å². The first-order valence-corrected chi connectivity index (χ1v) is 6.97. The number of benzene rings is 1. The monoisotopic (exact) mass is 280 g/mol. The van der Waals surface area contributed by atoms with Crippen molar-refractivity contribution in [2.24, 2.45) is 5.92 Å². The van der Waals surface area contributed by atoms with Crippen LogP contribution in [0.4, 0.5) is 10.5 Å². The van der Waals surface area contributed by atoms with Gasteiger partial charge in [0.1, 0.15) is 5.75 Å². The second-order valence-electron chi connectivity index (χ2n) is 4.71. The highest BCUT2D eigenvalue weighted by atomic mass is 16.5. The highest BCUT2D eigenvalue weighted by Gasteiger charge is 2.16. The van der Waals surface area contributed by atoms with Crippen molar-refractivity contribution in [2.45, 2.75) is 32.8 Å². The van der Waals surface area contributed by atoms with Crippen molar-refractivity contribution in [3.63, 3.8) is 0 Å². The number of hydrogen-bond acceptors (Lipinski definition) is 3. The Balaban J connectivity index is 2.43. The molecule has 0 radical (unpaired) electrons. The average molecular weight is 280 g/mol. The molecule has 20 heavy (non-hydrogen) atoms. The predicted octanol–water partition coefficient (Wildman–Crippen LogP) is 2.61. The third kappa shape index (κ3) is 5.09. The van der Waals surface area contributed by atoms with E-state index in [-0.39, 0.29) is 18.5 Å². The molecule has 0 aromatic heterocycles. The van der Waals surface area contributed by atoms with E-state index in [1.807, 2.05) is 13.8 Å². The lowest BCUT2D eigenvalue weighted by Gasteiger charge is -2.20. The zero-order valence-corrected chi connectivity index (χ0v) is 12.3. The summed E-state index contributed by atoms with van der Waals surface area (Å²) in [5, 5.41) is 15.3. The highest BCUT2D eigenvalue weighted by Crippen LogP contribution is 2.16. The smallest absolute Gasteiger partial charge is 0.319 e. The zero-order valence-electron chi connectivity index (χ0n) is 12.3. The molecule has 0 unspecified atom stereocenters. The number of aliphatic hydroxyl groups is 1. The molecule has 0 aliphatic carbocycles. The number of aliphatic hydroxyl groups excluding tert-OH is 1. The van der Waals surface area contributed by atoms with E-state index in [4.69, 9.17) is 4.74 Å². The lowest BCUT2D eigenvalue weighted by atomic mass is 9.97. The molecule has 0 aliphatic rings. The zero-order chi connectivity index (χ0) is 15.0. The van der Waals surface area contributed by atoms with Crippen molar-refractivity contribution in [1.29, 1.82) is 0 Å². The number of carbonyl (C=O) groups excluding carboxylic acids is 1. The Morgan fingerprint density at radius 3 is 2.65 bits per heavy atom. The molecule has 112 valence electrons. The lowest BCUT2D eigenvalue weighted by Crippen LogP contribution is -2.38. The van der Waals surface area contributed by atoms with Crippen LogP contribution in [-0.2, 0) is 0 Å². The second kappa shape index (κ2) is 8.43. The first-order chi connectivity index (χ1) is 9.60. The largest absolute Gasteiger partial charge is 0.497 e. The number of rotatable bonds is 7. The van der Waals surface area contributed by atoms with E-state index >= 15 is 0 Å². The van der Waals surface area contributed by atoms with Crippen LogP contribution in [0.25, 0.3) is 0 Å². The van der Waals surface area contributed by atoms with Crippen LogP contribution in [0.15, 0.2) is 24.3 Å². The van der Waals surface area contributed by atoms with E-state index in [2.05, 4.69) is 10.6 Å². The van der Waals surface area contributed by atoms with Gasteiger partial charge in [-0.3, -0.25) is 0 Å². The molecule has 0 saturated heterocycles. The van der Waals surface area contributed by atoms with Gasteiger partial charge in [0, 0.05) is 18.3 Å². The molecule has 1 rings (SSSR count). The summed E-state index contributed by atoms with van der Waals surface area (Å²) in [6.07, 6.45) is 1.29. The molecule has 1 atom stereocenters. The van der Waals surface area contributed by atoms with Crippen molar-refractivity contribution in [2.75, 3.05) is 19.0 Å². The van der Waals surface area contributed by atoms with E-state index in [9.17, 15) is 9.90 Å². The van der Waals surface area contributed by atoms with Crippen molar-refractivity contribution < 1.29 is 14.6 Å². The first kappa shape index (κ1) is 16.3. The summed E-state index contributed by atoms with van der Waals surface area (Å²) in [4.78, 5) is 11.7. The molecule has 1 aromatic rings. The number of hydrogen-bond donors (Lipinski definition) is 3. The van der Waals surface area contributed by atoms with E-state index in [1.54, 1.807) is 31.4 Å². The summed E-state index contributed by atoms with van der Waals surface area (Å²) in [5.74, 6) is 0.895. The van der Waals surface area contributed by atoms with Crippen LogP contribution in [-0.4, -0.2) is 30.9 Å².